The lowest BCUT2D eigenvalue weighted by Crippen LogP contribution is -2.46. The van der Waals surface area contributed by atoms with E-state index in [-0.39, 0.29) is 24.3 Å². The molecule has 0 radical (unpaired) electrons. The standard InChI is InChI=1S/C16H18F5N3O3/c1-3-13(25)24-12-8-10(4-5-11(12)14(26)27-2)23-7-6-22-9-15(17,18)16(19,20)21/h3-5,8,22-23H,1,6-7,9H2,2H3,(H,24,25). The Bertz CT molecular complexity index is 692. The van der Waals surface area contributed by atoms with Crippen LogP contribution in [0.2, 0.25) is 0 Å². The number of esters is 1. The summed E-state index contributed by atoms with van der Waals surface area (Å²) < 4.78 is 66.2. The van der Waals surface area contributed by atoms with Crippen molar-refractivity contribution in [3.63, 3.8) is 0 Å². The maximum atomic E-state index is 12.7. The molecule has 1 amide bonds. The largest absolute Gasteiger partial charge is 0.465 e. The van der Waals surface area contributed by atoms with Gasteiger partial charge in [-0.2, -0.15) is 22.0 Å². The van der Waals surface area contributed by atoms with Gasteiger partial charge in [0.2, 0.25) is 5.91 Å². The van der Waals surface area contributed by atoms with Crippen molar-refractivity contribution >= 4 is 23.3 Å². The molecule has 0 fully saturated rings. The molecule has 1 aromatic rings. The van der Waals surface area contributed by atoms with Gasteiger partial charge in [0, 0.05) is 18.8 Å². The van der Waals surface area contributed by atoms with E-state index >= 15 is 0 Å². The molecule has 0 aromatic heterocycles. The van der Waals surface area contributed by atoms with E-state index < -0.39 is 30.5 Å². The molecule has 1 aromatic carbocycles. The molecule has 0 aliphatic carbocycles. The average Bonchev–Trinajstić information content (AvgIpc) is 2.59. The maximum absolute atomic E-state index is 12.7. The first-order chi connectivity index (χ1) is 12.5. The fourth-order valence-corrected chi connectivity index (χ4v) is 1.87. The highest BCUT2D eigenvalue weighted by atomic mass is 19.4. The van der Waals surface area contributed by atoms with Gasteiger partial charge in [0.1, 0.15) is 0 Å². The van der Waals surface area contributed by atoms with Crippen LogP contribution in [0, 0.1) is 0 Å². The molecule has 1 rings (SSSR count). The number of rotatable bonds is 9. The number of nitrogens with one attached hydrogen (secondary N) is 3. The number of amides is 1. The molecule has 0 spiro atoms. The summed E-state index contributed by atoms with van der Waals surface area (Å²) in [7, 11) is 1.16. The number of benzene rings is 1. The predicted octanol–water partition coefficient (Wildman–Crippen LogP) is 2.80. The second-order valence-corrected chi connectivity index (χ2v) is 5.25. The lowest BCUT2D eigenvalue weighted by atomic mass is 10.1. The van der Waals surface area contributed by atoms with E-state index in [9.17, 15) is 31.5 Å². The van der Waals surface area contributed by atoms with E-state index in [1.807, 2.05) is 5.32 Å². The predicted molar refractivity (Wildman–Crippen MR) is 89.0 cm³/mol. The minimum absolute atomic E-state index is 0.0142. The molecule has 11 heteroatoms. The SMILES string of the molecule is C=CC(=O)Nc1cc(NCCNCC(F)(F)C(F)(F)F)ccc1C(=O)OC. The first kappa shape index (κ1) is 22.4. The van der Waals surface area contributed by atoms with Gasteiger partial charge >= 0.3 is 18.1 Å². The van der Waals surface area contributed by atoms with Gasteiger partial charge in [-0.1, -0.05) is 6.58 Å². The highest BCUT2D eigenvalue weighted by Gasteiger charge is 2.56. The number of alkyl halides is 5. The molecule has 150 valence electrons. The number of methoxy groups -OCH3 is 1. The lowest BCUT2D eigenvalue weighted by Gasteiger charge is -2.20. The van der Waals surface area contributed by atoms with Crippen molar-refractivity contribution in [2.24, 2.45) is 0 Å². The summed E-state index contributed by atoms with van der Waals surface area (Å²) in [4.78, 5) is 23.2. The third-order valence-corrected chi connectivity index (χ3v) is 3.26. The molecular weight excluding hydrogens is 377 g/mol. The number of ether oxygens (including phenoxy) is 1. The fourth-order valence-electron chi connectivity index (χ4n) is 1.87. The molecule has 0 saturated carbocycles. The number of anilines is 2. The molecule has 0 aliphatic rings. The minimum Gasteiger partial charge on any atom is -0.465 e. The minimum atomic E-state index is -5.62. The van der Waals surface area contributed by atoms with E-state index in [0.29, 0.717) is 5.69 Å². The highest BCUT2D eigenvalue weighted by molar-refractivity contribution is 6.05. The summed E-state index contributed by atoms with van der Waals surface area (Å²) in [6.07, 6.45) is -4.62. The Kier molecular flexibility index (Phi) is 7.70. The summed E-state index contributed by atoms with van der Waals surface area (Å²) >= 11 is 0. The van der Waals surface area contributed by atoms with E-state index in [2.05, 4.69) is 21.9 Å². The van der Waals surface area contributed by atoms with Crippen LogP contribution in [0.15, 0.2) is 30.9 Å². The van der Waals surface area contributed by atoms with Crippen LogP contribution in [0.1, 0.15) is 10.4 Å². The number of hydrogen-bond donors (Lipinski definition) is 3. The number of halogens is 5. The summed E-state index contributed by atoms with van der Waals surface area (Å²) in [5, 5.41) is 7.19. The van der Waals surface area contributed by atoms with Crippen molar-refractivity contribution in [2.75, 3.05) is 37.4 Å². The first-order valence-electron chi connectivity index (χ1n) is 7.56. The molecule has 0 bridgehead atoms. The molecule has 0 atom stereocenters. The molecule has 6 nitrogen and oxygen atoms in total. The third kappa shape index (κ3) is 6.51. The second-order valence-electron chi connectivity index (χ2n) is 5.25. The van der Waals surface area contributed by atoms with Crippen molar-refractivity contribution in [1.82, 2.24) is 5.32 Å². The van der Waals surface area contributed by atoms with Crippen molar-refractivity contribution in [1.29, 1.82) is 0 Å². The zero-order valence-corrected chi connectivity index (χ0v) is 14.3. The Morgan fingerprint density at radius 3 is 2.41 bits per heavy atom. The van der Waals surface area contributed by atoms with Crippen LogP contribution in [0.3, 0.4) is 0 Å². The van der Waals surface area contributed by atoms with Gasteiger partial charge in [-0.05, 0) is 24.3 Å². The van der Waals surface area contributed by atoms with Crippen molar-refractivity contribution in [2.45, 2.75) is 12.1 Å². The van der Waals surface area contributed by atoms with E-state index in [1.54, 1.807) is 0 Å². The first-order valence-corrected chi connectivity index (χ1v) is 7.56. The normalized spacial score (nSPS) is 11.6. The van der Waals surface area contributed by atoms with Gasteiger partial charge in [-0.25, -0.2) is 4.79 Å². The van der Waals surface area contributed by atoms with Gasteiger partial charge in [-0.15, -0.1) is 0 Å². The molecule has 0 aliphatic heterocycles. The molecule has 0 heterocycles. The summed E-state index contributed by atoms with van der Waals surface area (Å²) in [6, 6.07) is 4.20. The van der Waals surface area contributed by atoms with Crippen LogP contribution in [-0.2, 0) is 9.53 Å². The molecule has 27 heavy (non-hydrogen) atoms. The second kappa shape index (κ2) is 9.31. The molecule has 3 N–H and O–H groups in total. The third-order valence-electron chi connectivity index (χ3n) is 3.26. The highest BCUT2D eigenvalue weighted by Crippen LogP contribution is 2.34. The van der Waals surface area contributed by atoms with E-state index in [0.717, 1.165) is 13.2 Å². The number of hydrogen-bond acceptors (Lipinski definition) is 5. The van der Waals surface area contributed by atoms with Crippen LogP contribution >= 0.6 is 0 Å². The molecule has 0 saturated heterocycles. The Morgan fingerprint density at radius 2 is 1.85 bits per heavy atom. The van der Waals surface area contributed by atoms with Crippen molar-refractivity contribution < 1.29 is 36.3 Å². The summed E-state index contributed by atoms with van der Waals surface area (Å²) in [6.45, 7) is 1.58. The average molecular weight is 395 g/mol. The van der Waals surface area contributed by atoms with Crippen LogP contribution in [0.5, 0.6) is 0 Å². The van der Waals surface area contributed by atoms with Gasteiger partial charge in [0.05, 0.1) is 24.9 Å². The van der Waals surface area contributed by atoms with Gasteiger partial charge < -0.3 is 20.7 Å². The summed E-state index contributed by atoms with van der Waals surface area (Å²) in [5.74, 6) is -6.09. The van der Waals surface area contributed by atoms with Crippen molar-refractivity contribution in [3.8, 4) is 0 Å². The maximum Gasteiger partial charge on any atom is 0.454 e. The fraction of sp³-hybridized carbons (Fsp3) is 0.375. The zero-order chi connectivity index (χ0) is 20.7. The van der Waals surface area contributed by atoms with Crippen LogP contribution in [0.4, 0.5) is 33.3 Å². The van der Waals surface area contributed by atoms with Crippen molar-refractivity contribution in [3.05, 3.63) is 36.4 Å². The lowest BCUT2D eigenvalue weighted by molar-refractivity contribution is -0.279. The Labute approximate surface area is 151 Å². The van der Waals surface area contributed by atoms with E-state index in [4.69, 9.17) is 0 Å². The van der Waals surface area contributed by atoms with Crippen LogP contribution in [-0.4, -0.2) is 50.7 Å². The smallest absolute Gasteiger partial charge is 0.454 e. The monoisotopic (exact) mass is 395 g/mol. The summed E-state index contributed by atoms with van der Waals surface area (Å²) in [5.41, 5.74) is 0.584. The Hall–Kier alpha value is -2.69. The molecule has 0 unspecified atom stereocenters. The van der Waals surface area contributed by atoms with Gasteiger partial charge in [0.25, 0.3) is 0 Å². The van der Waals surface area contributed by atoms with Gasteiger partial charge in [-0.3, -0.25) is 4.79 Å². The Morgan fingerprint density at radius 1 is 1.19 bits per heavy atom. The number of carbonyl (C=O) groups excluding carboxylic acids is 2. The topological polar surface area (TPSA) is 79.5 Å². The Balaban J connectivity index is 2.68. The van der Waals surface area contributed by atoms with Gasteiger partial charge in [0.15, 0.2) is 0 Å². The van der Waals surface area contributed by atoms with Crippen LogP contribution < -0.4 is 16.0 Å². The van der Waals surface area contributed by atoms with E-state index in [1.165, 1.54) is 18.2 Å². The zero-order valence-electron chi connectivity index (χ0n) is 14.3. The molecular formula is C16H18F5N3O3. The van der Waals surface area contributed by atoms with Crippen LogP contribution in [0.25, 0.3) is 0 Å². The number of carbonyl (C=O) groups is 2. The quantitative estimate of drug-likeness (QED) is 0.259.